The van der Waals surface area contributed by atoms with Crippen molar-refractivity contribution >= 4 is 71.1 Å². The number of amides is 4. The minimum Gasteiger partial charge on any atom is -0.481 e. The highest BCUT2D eigenvalue weighted by molar-refractivity contribution is 6.05. The van der Waals surface area contributed by atoms with Crippen LogP contribution in [0.3, 0.4) is 0 Å². The number of carbonyl (C=O) groups excluding carboxylic acids is 8. The first-order valence-corrected chi connectivity index (χ1v) is 29.8. The van der Waals surface area contributed by atoms with E-state index in [1.165, 1.54) is 27.7 Å². The standard InChI is InChI=1S/C63H98N4O17/c1-18-22-28-64-49(69)44(40(52(72)73)33-63(14,15)47(56(79)82-21-4)42(54(76)77)34-60(8,9)43-36(5)55(78)84-58(43)81)61(10,11)32-39-45(51(71)67(50(39)70)30-23-19-2)62(12,13)35-41(53(74)75)46(59(6,7)20-3)57(80)83-31-29-65-48(68)37-24-26-38(27-25-37)66(16)17/h24-27,36,39-47H,18-23,28-35H2,1-17H3,(H,64,69)(H,65,68)(H,72,73)(H,74,75)(H,76,77). The molecule has 0 spiro atoms. The molecule has 10 atom stereocenters. The van der Waals surface area contributed by atoms with Crippen LogP contribution in [0.1, 0.15) is 172 Å². The summed E-state index contributed by atoms with van der Waals surface area (Å²) in [5.74, 6) is -23.7. The second kappa shape index (κ2) is 29.6. The molecule has 0 bridgehead atoms. The van der Waals surface area contributed by atoms with Gasteiger partial charge >= 0.3 is 41.8 Å². The molecular formula is C63H98N4O17. The molecule has 21 nitrogen and oxygen atoms in total. The SMILES string of the molecule is CCCCNC(=O)C(C(CC(C)(C)C(C(=O)OCC)C(CC(C)(C)C1C(=O)OC(=O)C1C)C(=O)O)C(=O)O)C(C)(C)CC1C(=O)N(CCCC)C(=O)C1C(C)(C)CC(C(=O)O)C(C(=O)OCCNC(=O)c1ccc(N(C)C)cc1)C(C)(C)CC. The monoisotopic (exact) mass is 1180 g/mol. The van der Waals surface area contributed by atoms with Crippen LogP contribution in [0.25, 0.3) is 0 Å². The number of carboxylic acid groups (broad SMARTS) is 3. The molecule has 2 heterocycles. The van der Waals surface area contributed by atoms with Crippen LogP contribution < -0.4 is 15.5 Å². The molecule has 0 saturated carbocycles. The number of carbonyl (C=O) groups is 11. The molecule has 0 aliphatic carbocycles. The molecule has 472 valence electrons. The van der Waals surface area contributed by atoms with E-state index < -0.39 is 158 Å². The summed E-state index contributed by atoms with van der Waals surface area (Å²) in [6, 6.07) is 6.88. The van der Waals surface area contributed by atoms with E-state index in [1.807, 2.05) is 32.8 Å². The number of hydrogen-bond acceptors (Lipinski definition) is 15. The smallest absolute Gasteiger partial charge is 0.318 e. The molecule has 0 radical (unpaired) electrons. The highest BCUT2D eigenvalue weighted by Crippen LogP contribution is 2.54. The van der Waals surface area contributed by atoms with Gasteiger partial charge < -0.3 is 45.1 Å². The van der Waals surface area contributed by atoms with Crippen LogP contribution >= 0.6 is 0 Å². The van der Waals surface area contributed by atoms with Crippen molar-refractivity contribution in [3.05, 3.63) is 29.8 Å². The number of nitrogens with zero attached hydrogens (tertiary/aromatic N) is 2. The van der Waals surface area contributed by atoms with E-state index in [-0.39, 0.29) is 52.1 Å². The van der Waals surface area contributed by atoms with E-state index in [4.69, 9.17) is 14.2 Å². The largest absolute Gasteiger partial charge is 0.481 e. The summed E-state index contributed by atoms with van der Waals surface area (Å²) in [7, 11) is 3.74. The zero-order valence-electron chi connectivity index (χ0n) is 52.9. The summed E-state index contributed by atoms with van der Waals surface area (Å²) in [6.45, 7) is 24.4. The Morgan fingerprint density at radius 3 is 1.58 bits per heavy atom. The topological polar surface area (TPSA) is 307 Å². The molecule has 84 heavy (non-hydrogen) atoms. The Balaban J connectivity index is 2.17. The van der Waals surface area contributed by atoms with Gasteiger partial charge in [-0.15, -0.1) is 0 Å². The van der Waals surface area contributed by atoms with Crippen molar-refractivity contribution in [2.45, 2.75) is 162 Å². The maximum Gasteiger partial charge on any atom is 0.318 e. The number of nitrogens with one attached hydrogen (secondary N) is 2. The van der Waals surface area contributed by atoms with E-state index in [9.17, 15) is 58.5 Å². The van der Waals surface area contributed by atoms with Crippen LogP contribution in [-0.2, 0) is 62.2 Å². The molecule has 3 rings (SSSR count). The van der Waals surface area contributed by atoms with Crippen molar-refractivity contribution < 1.29 is 82.3 Å². The quantitative estimate of drug-likeness (QED) is 0.0140. The van der Waals surface area contributed by atoms with Gasteiger partial charge in [0, 0.05) is 38.4 Å². The van der Waals surface area contributed by atoms with E-state index in [2.05, 4.69) is 10.6 Å². The zero-order chi connectivity index (χ0) is 64.2. The number of imide groups is 1. The summed E-state index contributed by atoms with van der Waals surface area (Å²) in [5.41, 5.74) is -5.47. The fourth-order valence-electron chi connectivity index (χ4n) is 13.3. The third-order valence-corrected chi connectivity index (χ3v) is 18.0. The lowest BCUT2D eigenvalue weighted by Gasteiger charge is -2.45. The van der Waals surface area contributed by atoms with Crippen molar-refractivity contribution in [2.75, 3.05) is 51.8 Å². The zero-order valence-corrected chi connectivity index (χ0v) is 52.9. The molecule has 2 saturated heterocycles. The lowest BCUT2D eigenvalue weighted by molar-refractivity contribution is -0.168. The first-order chi connectivity index (χ1) is 38.8. The highest BCUT2D eigenvalue weighted by atomic mass is 16.6. The molecular weight excluding hydrogens is 1080 g/mol. The normalized spacial score (nSPS) is 20.0. The number of benzene rings is 1. The predicted molar refractivity (Wildman–Crippen MR) is 312 cm³/mol. The maximum atomic E-state index is 15.0. The number of unbranched alkanes of at least 4 members (excludes halogenated alkanes) is 2. The predicted octanol–water partition coefficient (Wildman–Crippen LogP) is 8.29. The average molecular weight is 1180 g/mol. The van der Waals surface area contributed by atoms with Gasteiger partial charge in [-0.05, 0) is 96.8 Å². The Morgan fingerprint density at radius 1 is 0.619 bits per heavy atom. The van der Waals surface area contributed by atoms with Crippen LogP contribution in [0.5, 0.6) is 0 Å². The van der Waals surface area contributed by atoms with Crippen LogP contribution in [0.4, 0.5) is 5.69 Å². The van der Waals surface area contributed by atoms with Gasteiger partial charge in [0.1, 0.15) is 6.61 Å². The third-order valence-electron chi connectivity index (χ3n) is 18.0. The summed E-state index contributed by atoms with van der Waals surface area (Å²) in [4.78, 5) is 156. The number of esters is 4. The minimum absolute atomic E-state index is 0.0244. The van der Waals surface area contributed by atoms with Crippen molar-refractivity contribution in [3.63, 3.8) is 0 Å². The second-order valence-electron chi connectivity index (χ2n) is 26.9. The Kier molecular flexibility index (Phi) is 25.3. The molecule has 0 aromatic heterocycles. The van der Waals surface area contributed by atoms with E-state index in [1.54, 1.807) is 86.6 Å². The first-order valence-electron chi connectivity index (χ1n) is 29.8. The van der Waals surface area contributed by atoms with Crippen LogP contribution in [0.2, 0.25) is 0 Å². The number of likely N-dealkylation sites (tertiary alicyclic amines) is 1. The molecule has 5 N–H and O–H groups in total. The van der Waals surface area contributed by atoms with Gasteiger partial charge in [-0.25, -0.2) is 0 Å². The average Bonchev–Trinajstić information content (AvgIpc) is 1.77. The molecule has 2 aliphatic rings. The Labute approximate surface area is 496 Å². The lowest BCUT2D eigenvalue weighted by Crippen LogP contribution is -2.51. The number of rotatable bonds is 35. The highest BCUT2D eigenvalue weighted by Gasteiger charge is 2.60. The molecule has 2 aliphatic heterocycles. The van der Waals surface area contributed by atoms with Gasteiger partial charge in [-0.1, -0.05) is 116 Å². The first kappa shape index (κ1) is 71.9. The Bertz CT molecular complexity index is 2550. The molecule has 1 aromatic rings. The minimum atomic E-state index is -1.68. The molecule has 1 aromatic carbocycles. The molecule has 21 heteroatoms. The summed E-state index contributed by atoms with van der Waals surface area (Å²) >= 11 is 0. The van der Waals surface area contributed by atoms with Gasteiger partial charge in [0.2, 0.25) is 17.7 Å². The van der Waals surface area contributed by atoms with Crippen LogP contribution in [0.15, 0.2) is 24.3 Å². The van der Waals surface area contributed by atoms with Crippen molar-refractivity contribution in [1.82, 2.24) is 15.5 Å². The van der Waals surface area contributed by atoms with Crippen LogP contribution in [0, 0.1) is 86.3 Å². The number of ether oxygens (including phenoxy) is 3. The van der Waals surface area contributed by atoms with Crippen LogP contribution in [-0.4, -0.2) is 133 Å². The van der Waals surface area contributed by atoms with Crippen molar-refractivity contribution in [1.29, 1.82) is 0 Å². The summed E-state index contributed by atoms with van der Waals surface area (Å²) in [5, 5.41) is 39.1. The van der Waals surface area contributed by atoms with Crippen molar-refractivity contribution in [2.24, 2.45) is 86.3 Å². The molecule has 2 fully saturated rings. The van der Waals surface area contributed by atoms with Crippen molar-refractivity contribution in [3.8, 4) is 0 Å². The lowest BCUT2D eigenvalue weighted by atomic mass is 9.57. The Hall–Kier alpha value is -6.41. The van der Waals surface area contributed by atoms with E-state index in [0.717, 1.165) is 10.6 Å². The third kappa shape index (κ3) is 17.4. The summed E-state index contributed by atoms with van der Waals surface area (Å²) < 4.78 is 16.2. The number of aliphatic carboxylic acids is 3. The fraction of sp³-hybridized carbons (Fsp3) is 0.730. The van der Waals surface area contributed by atoms with Gasteiger partial charge in [0.15, 0.2) is 0 Å². The van der Waals surface area contributed by atoms with Gasteiger partial charge in [0.25, 0.3) is 5.91 Å². The fourth-order valence-corrected chi connectivity index (χ4v) is 13.3. The number of cyclic esters (lactones) is 2. The van der Waals surface area contributed by atoms with Gasteiger partial charge in [0.05, 0.1) is 72.3 Å². The summed E-state index contributed by atoms with van der Waals surface area (Å²) in [6.07, 6.45) is 1.08. The van der Waals surface area contributed by atoms with E-state index >= 15 is 9.59 Å². The number of anilines is 1. The molecule has 4 amide bonds. The van der Waals surface area contributed by atoms with Gasteiger partial charge in [-0.2, -0.15) is 0 Å². The second-order valence-corrected chi connectivity index (χ2v) is 26.9. The Morgan fingerprint density at radius 2 is 1.12 bits per heavy atom. The number of carboxylic acids is 3. The van der Waals surface area contributed by atoms with Gasteiger partial charge in [-0.3, -0.25) is 57.6 Å². The van der Waals surface area contributed by atoms with E-state index in [0.29, 0.717) is 37.7 Å². The maximum absolute atomic E-state index is 15.0. The molecule has 10 unspecified atom stereocenters. The number of hydrogen-bond donors (Lipinski definition) is 5.